The summed E-state index contributed by atoms with van der Waals surface area (Å²) in [5, 5.41) is 3.43. The van der Waals surface area contributed by atoms with Crippen LogP contribution in [0.4, 0.5) is 5.82 Å². The number of aryl methyl sites for hydroxylation is 3. The molecule has 3 heterocycles. The Labute approximate surface area is 157 Å². The number of nitrogens with zero attached hydrogens (tertiary/aromatic N) is 3. The van der Waals surface area contributed by atoms with Crippen LogP contribution in [0.2, 0.25) is 0 Å². The molecule has 2 aromatic heterocycles. The number of pyridine rings is 1. The van der Waals surface area contributed by atoms with Gasteiger partial charge in [-0.25, -0.2) is 15.0 Å². The molecule has 4 nitrogen and oxygen atoms in total. The number of hydrogen-bond acceptors (Lipinski definition) is 4. The maximum absolute atomic E-state index is 4.79. The van der Waals surface area contributed by atoms with Gasteiger partial charge in [0, 0.05) is 24.6 Å². The molecule has 0 bridgehead atoms. The van der Waals surface area contributed by atoms with E-state index in [-0.39, 0.29) is 0 Å². The highest BCUT2D eigenvalue weighted by molar-refractivity contribution is 5.46. The van der Waals surface area contributed by atoms with Crippen molar-refractivity contribution in [2.24, 2.45) is 0 Å². The second-order valence-corrected chi connectivity index (χ2v) is 7.46. The van der Waals surface area contributed by atoms with E-state index in [1.807, 2.05) is 19.3 Å². The van der Waals surface area contributed by atoms with Gasteiger partial charge in [-0.15, -0.1) is 0 Å². The fourth-order valence-electron chi connectivity index (χ4n) is 3.78. The van der Waals surface area contributed by atoms with E-state index in [1.54, 1.807) is 0 Å². The Balaban J connectivity index is 1.35. The molecule has 3 rings (SSSR count). The first-order valence-corrected chi connectivity index (χ1v) is 10.3. The second kappa shape index (κ2) is 9.65. The summed E-state index contributed by atoms with van der Waals surface area (Å²) in [5.74, 6) is 2.58. The van der Waals surface area contributed by atoms with Crippen LogP contribution in [0.25, 0.3) is 0 Å². The Kier molecular flexibility index (Phi) is 6.98. The van der Waals surface area contributed by atoms with Gasteiger partial charge in [-0.05, 0) is 68.6 Å². The van der Waals surface area contributed by atoms with Crippen LogP contribution in [0.1, 0.15) is 80.4 Å². The molecule has 26 heavy (non-hydrogen) atoms. The summed E-state index contributed by atoms with van der Waals surface area (Å²) < 4.78 is 0. The molecule has 0 saturated heterocycles. The summed E-state index contributed by atoms with van der Waals surface area (Å²) in [6.07, 6.45) is 15.0. The van der Waals surface area contributed by atoms with Gasteiger partial charge in [0.2, 0.25) is 0 Å². The second-order valence-electron chi connectivity index (χ2n) is 7.46. The van der Waals surface area contributed by atoms with Crippen molar-refractivity contribution in [1.82, 2.24) is 15.0 Å². The summed E-state index contributed by atoms with van der Waals surface area (Å²) in [6.45, 7) is 5.27. The van der Waals surface area contributed by atoms with Gasteiger partial charge in [0.05, 0.1) is 0 Å². The van der Waals surface area contributed by atoms with Crippen LogP contribution in [-0.4, -0.2) is 21.5 Å². The van der Waals surface area contributed by atoms with E-state index in [0.717, 1.165) is 24.6 Å². The maximum atomic E-state index is 4.79. The van der Waals surface area contributed by atoms with Crippen molar-refractivity contribution in [2.45, 2.75) is 77.6 Å². The summed E-state index contributed by atoms with van der Waals surface area (Å²) in [4.78, 5) is 13.5. The first-order valence-electron chi connectivity index (χ1n) is 10.3. The van der Waals surface area contributed by atoms with Gasteiger partial charge < -0.3 is 5.32 Å². The molecule has 0 spiro atoms. The van der Waals surface area contributed by atoms with Gasteiger partial charge >= 0.3 is 0 Å². The Morgan fingerprint density at radius 3 is 2.69 bits per heavy atom. The average Bonchev–Trinajstić information content (AvgIpc) is 2.68. The molecule has 1 N–H and O–H groups in total. The van der Waals surface area contributed by atoms with E-state index in [1.165, 1.54) is 68.2 Å². The van der Waals surface area contributed by atoms with Gasteiger partial charge in [-0.2, -0.15) is 0 Å². The summed E-state index contributed by atoms with van der Waals surface area (Å²) in [7, 11) is 0. The molecule has 0 amide bonds. The molecule has 140 valence electrons. The normalized spacial score (nSPS) is 14.5. The zero-order valence-corrected chi connectivity index (χ0v) is 16.3. The highest BCUT2D eigenvalue weighted by Crippen LogP contribution is 2.25. The lowest BCUT2D eigenvalue weighted by atomic mass is 9.92. The van der Waals surface area contributed by atoms with Crippen molar-refractivity contribution in [2.75, 3.05) is 11.9 Å². The van der Waals surface area contributed by atoms with Crippen LogP contribution in [0.5, 0.6) is 0 Å². The molecule has 1 aliphatic rings. The third-order valence-corrected chi connectivity index (χ3v) is 5.45. The lowest BCUT2D eigenvalue weighted by molar-refractivity contribution is 0.533. The number of fused-ring (bicyclic) bond motifs is 1. The molecular formula is C22H32N4. The van der Waals surface area contributed by atoms with Gasteiger partial charge in [-0.1, -0.05) is 32.3 Å². The van der Waals surface area contributed by atoms with Crippen molar-refractivity contribution in [3.63, 3.8) is 0 Å². The Bertz CT molecular complexity index is 681. The first kappa shape index (κ1) is 18.8. The van der Waals surface area contributed by atoms with E-state index in [9.17, 15) is 0 Å². The molecule has 0 unspecified atom stereocenters. The van der Waals surface area contributed by atoms with Crippen molar-refractivity contribution in [3.8, 4) is 0 Å². The molecule has 0 aromatic carbocycles. The predicted octanol–water partition coefficient (Wildman–Crippen LogP) is 5.22. The lowest BCUT2D eigenvalue weighted by Gasteiger charge is -2.17. The highest BCUT2D eigenvalue weighted by Gasteiger charge is 2.11. The van der Waals surface area contributed by atoms with Crippen molar-refractivity contribution >= 4 is 5.82 Å². The number of nitrogens with one attached hydrogen (secondary N) is 1. The Morgan fingerprint density at radius 2 is 1.88 bits per heavy atom. The molecule has 0 saturated carbocycles. The number of aromatic nitrogens is 3. The highest BCUT2D eigenvalue weighted by atomic mass is 15.0. The molecule has 0 aliphatic carbocycles. The van der Waals surface area contributed by atoms with Crippen LogP contribution in [-0.2, 0) is 12.8 Å². The number of anilines is 1. The number of rotatable bonds is 9. The fraction of sp³-hybridized carbons (Fsp3) is 0.591. The quantitative estimate of drug-likeness (QED) is 0.628. The van der Waals surface area contributed by atoms with Crippen LogP contribution in [0, 0.1) is 6.92 Å². The summed E-state index contributed by atoms with van der Waals surface area (Å²) in [5.41, 5.74) is 3.91. The zero-order valence-electron chi connectivity index (χ0n) is 16.3. The number of unbranched alkanes of at least 4 members (excludes halogenated alkanes) is 3. The van der Waals surface area contributed by atoms with Crippen LogP contribution < -0.4 is 5.32 Å². The van der Waals surface area contributed by atoms with Crippen molar-refractivity contribution in [1.29, 1.82) is 0 Å². The molecule has 0 fully saturated rings. The van der Waals surface area contributed by atoms with E-state index in [4.69, 9.17) is 4.98 Å². The summed E-state index contributed by atoms with van der Waals surface area (Å²) >= 11 is 0. The van der Waals surface area contributed by atoms with Crippen molar-refractivity contribution in [3.05, 3.63) is 47.2 Å². The minimum atomic E-state index is 0.601. The van der Waals surface area contributed by atoms with Gasteiger partial charge in [-0.3, -0.25) is 0 Å². The summed E-state index contributed by atoms with van der Waals surface area (Å²) in [6, 6.07) is 4.48. The SMILES string of the molecule is CC[C@H](CCCCCCc1ccc2c(n1)NCCC2)c1cnc(C)nc1. The molecule has 4 heteroatoms. The Hall–Kier alpha value is -1.97. The molecule has 2 aromatic rings. The predicted molar refractivity (Wildman–Crippen MR) is 108 cm³/mol. The van der Waals surface area contributed by atoms with Crippen LogP contribution in [0.15, 0.2) is 24.5 Å². The van der Waals surface area contributed by atoms with Crippen molar-refractivity contribution < 1.29 is 0 Å². The zero-order chi connectivity index (χ0) is 18.2. The average molecular weight is 353 g/mol. The fourth-order valence-corrected chi connectivity index (χ4v) is 3.78. The first-order chi connectivity index (χ1) is 12.8. The monoisotopic (exact) mass is 352 g/mol. The Morgan fingerprint density at radius 1 is 1.08 bits per heavy atom. The van der Waals surface area contributed by atoms with E-state index >= 15 is 0 Å². The van der Waals surface area contributed by atoms with E-state index in [2.05, 4.69) is 34.3 Å². The number of hydrogen-bond donors (Lipinski definition) is 1. The largest absolute Gasteiger partial charge is 0.370 e. The minimum absolute atomic E-state index is 0.601. The molecule has 1 aliphatic heterocycles. The third-order valence-electron chi connectivity index (χ3n) is 5.45. The molecule has 0 radical (unpaired) electrons. The van der Waals surface area contributed by atoms with Crippen LogP contribution in [0.3, 0.4) is 0 Å². The van der Waals surface area contributed by atoms with Crippen LogP contribution >= 0.6 is 0 Å². The third kappa shape index (κ3) is 5.26. The topological polar surface area (TPSA) is 50.7 Å². The van der Waals surface area contributed by atoms with E-state index < -0.39 is 0 Å². The lowest BCUT2D eigenvalue weighted by Crippen LogP contribution is -2.13. The maximum Gasteiger partial charge on any atom is 0.129 e. The molecule has 1 atom stereocenters. The van der Waals surface area contributed by atoms with Gasteiger partial charge in [0.25, 0.3) is 0 Å². The van der Waals surface area contributed by atoms with Gasteiger partial charge in [0.15, 0.2) is 0 Å². The van der Waals surface area contributed by atoms with E-state index in [0.29, 0.717) is 5.92 Å². The van der Waals surface area contributed by atoms with Gasteiger partial charge in [0.1, 0.15) is 11.6 Å². The minimum Gasteiger partial charge on any atom is -0.370 e. The smallest absolute Gasteiger partial charge is 0.129 e. The molecular weight excluding hydrogens is 320 g/mol. The standard InChI is InChI=1S/C22H32N4/c1-3-18(20-15-24-17(2)25-16-20)9-6-4-5-7-11-21-13-12-19-10-8-14-23-22(19)26-21/h12-13,15-16,18H,3-11,14H2,1-2H3,(H,23,26)/t18-/m1/s1.